The van der Waals surface area contributed by atoms with E-state index in [4.69, 9.17) is 16.0 Å². The number of nitrogens with one attached hydrogen (secondary N) is 2. The van der Waals surface area contributed by atoms with Crippen LogP contribution in [0.15, 0.2) is 41.0 Å². The van der Waals surface area contributed by atoms with Gasteiger partial charge in [0.25, 0.3) is 11.6 Å². The van der Waals surface area contributed by atoms with Crippen LogP contribution in [-0.4, -0.2) is 22.8 Å². The Balaban J connectivity index is 2.12. The number of hydrogen-bond acceptors (Lipinski definition) is 5. The molecule has 0 aliphatic rings. The van der Waals surface area contributed by atoms with Crippen LogP contribution in [0.1, 0.15) is 36.4 Å². The van der Waals surface area contributed by atoms with Gasteiger partial charge in [-0.2, -0.15) is 0 Å². The summed E-state index contributed by atoms with van der Waals surface area (Å²) in [7, 11) is 0. The summed E-state index contributed by atoms with van der Waals surface area (Å²) in [5.74, 6) is -0.510. The topological polar surface area (TPSA) is 114 Å². The van der Waals surface area contributed by atoms with E-state index in [-0.39, 0.29) is 34.6 Å². The van der Waals surface area contributed by atoms with E-state index < -0.39 is 16.9 Å². The third kappa shape index (κ3) is 5.30. The molecule has 0 saturated heterocycles. The molecule has 2 N–H and O–H groups in total. The number of nitro groups is 1. The van der Waals surface area contributed by atoms with E-state index in [1.54, 1.807) is 12.1 Å². The molecule has 144 valence electrons. The number of furan rings is 1. The van der Waals surface area contributed by atoms with E-state index in [1.165, 1.54) is 18.4 Å². The number of benzene rings is 1. The number of rotatable bonds is 8. The van der Waals surface area contributed by atoms with Gasteiger partial charge in [0.1, 0.15) is 16.8 Å². The zero-order chi connectivity index (χ0) is 20.0. The molecule has 9 heteroatoms. The van der Waals surface area contributed by atoms with Crippen molar-refractivity contribution in [3.8, 4) is 0 Å². The first-order valence-electron chi connectivity index (χ1n) is 8.38. The molecule has 0 bridgehead atoms. The van der Waals surface area contributed by atoms with Crippen LogP contribution in [0, 0.1) is 16.0 Å². The summed E-state index contributed by atoms with van der Waals surface area (Å²) in [6.07, 6.45) is 2.16. The summed E-state index contributed by atoms with van der Waals surface area (Å²) in [5, 5.41) is 16.3. The Morgan fingerprint density at radius 3 is 2.67 bits per heavy atom. The summed E-state index contributed by atoms with van der Waals surface area (Å²) >= 11 is 5.77. The summed E-state index contributed by atoms with van der Waals surface area (Å²) in [6.45, 7) is 3.93. The third-order valence-electron chi connectivity index (χ3n) is 4.20. The van der Waals surface area contributed by atoms with Gasteiger partial charge in [0.05, 0.1) is 17.7 Å². The fourth-order valence-electron chi connectivity index (χ4n) is 2.42. The number of carbonyl (C=O) groups excluding carboxylic acids is 2. The lowest BCUT2D eigenvalue weighted by atomic mass is 9.97. The van der Waals surface area contributed by atoms with Crippen molar-refractivity contribution in [3.05, 3.63) is 63.1 Å². The van der Waals surface area contributed by atoms with Crippen molar-refractivity contribution in [1.29, 1.82) is 0 Å². The molecule has 8 nitrogen and oxygen atoms in total. The molecule has 2 aromatic rings. The molecule has 2 atom stereocenters. The van der Waals surface area contributed by atoms with E-state index in [2.05, 4.69) is 10.6 Å². The van der Waals surface area contributed by atoms with E-state index in [9.17, 15) is 19.7 Å². The lowest BCUT2D eigenvalue weighted by Crippen LogP contribution is -2.50. The van der Waals surface area contributed by atoms with Crippen LogP contribution in [0.3, 0.4) is 0 Å². The molecule has 0 spiro atoms. The first kappa shape index (κ1) is 20.4. The maximum Gasteiger partial charge on any atom is 0.288 e. The highest BCUT2D eigenvalue weighted by atomic mass is 35.5. The van der Waals surface area contributed by atoms with Gasteiger partial charge in [-0.25, -0.2) is 0 Å². The summed E-state index contributed by atoms with van der Waals surface area (Å²) in [6, 6.07) is 6.38. The first-order valence-corrected chi connectivity index (χ1v) is 8.76. The van der Waals surface area contributed by atoms with Gasteiger partial charge in [-0.3, -0.25) is 19.7 Å². The second-order valence-corrected chi connectivity index (χ2v) is 6.46. The molecular formula is C18H20ClN3O5. The van der Waals surface area contributed by atoms with Gasteiger partial charge >= 0.3 is 0 Å². The highest BCUT2D eigenvalue weighted by molar-refractivity contribution is 6.32. The zero-order valence-corrected chi connectivity index (χ0v) is 15.7. The normalized spacial score (nSPS) is 12.9. The van der Waals surface area contributed by atoms with Gasteiger partial charge in [-0.15, -0.1) is 0 Å². The van der Waals surface area contributed by atoms with E-state index in [0.29, 0.717) is 12.2 Å². The lowest BCUT2D eigenvalue weighted by molar-refractivity contribution is -0.384. The Morgan fingerprint density at radius 2 is 2.07 bits per heavy atom. The lowest BCUT2D eigenvalue weighted by Gasteiger charge is -2.23. The average molecular weight is 394 g/mol. The molecule has 27 heavy (non-hydrogen) atoms. The van der Waals surface area contributed by atoms with Crippen molar-refractivity contribution in [2.24, 2.45) is 5.92 Å². The Morgan fingerprint density at radius 1 is 1.33 bits per heavy atom. The SMILES string of the molecule is CCC(C)C(NC(=O)c1ccc(Cl)c([N+](=O)[O-])c1)C(=O)NCc1ccco1. The number of hydrogen-bond donors (Lipinski definition) is 2. The minimum atomic E-state index is -0.799. The second kappa shape index (κ2) is 9.18. The van der Waals surface area contributed by atoms with Crippen molar-refractivity contribution < 1.29 is 18.9 Å². The van der Waals surface area contributed by atoms with Crippen LogP contribution in [0.25, 0.3) is 0 Å². The molecule has 0 saturated carbocycles. The Kier molecular flexibility index (Phi) is 6.95. The van der Waals surface area contributed by atoms with Crippen LogP contribution < -0.4 is 10.6 Å². The van der Waals surface area contributed by atoms with Gasteiger partial charge in [-0.05, 0) is 30.2 Å². The Hall–Kier alpha value is -2.87. The molecule has 0 aliphatic carbocycles. The highest BCUT2D eigenvalue weighted by Crippen LogP contribution is 2.25. The predicted octanol–water partition coefficient (Wildman–Crippen LogP) is 3.30. The molecule has 1 heterocycles. The summed E-state index contributed by atoms with van der Waals surface area (Å²) in [5.41, 5.74) is -0.315. The molecule has 1 aromatic carbocycles. The zero-order valence-electron chi connectivity index (χ0n) is 14.9. The van der Waals surface area contributed by atoms with Crippen molar-refractivity contribution in [1.82, 2.24) is 10.6 Å². The molecule has 0 fully saturated rings. The third-order valence-corrected chi connectivity index (χ3v) is 4.52. The molecular weight excluding hydrogens is 374 g/mol. The van der Waals surface area contributed by atoms with Gasteiger partial charge in [0.2, 0.25) is 5.91 Å². The van der Waals surface area contributed by atoms with E-state index >= 15 is 0 Å². The van der Waals surface area contributed by atoms with Crippen LogP contribution in [0.5, 0.6) is 0 Å². The number of halogens is 1. The van der Waals surface area contributed by atoms with Gasteiger partial charge in [-0.1, -0.05) is 31.9 Å². The summed E-state index contributed by atoms with van der Waals surface area (Å²) < 4.78 is 5.17. The van der Waals surface area contributed by atoms with Gasteiger partial charge < -0.3 is 15.1 Å². The van der Waals surface area contributed by atoms with Crippen molar-refractivity contribution in [3.63, 3.8) is 0 Å². The molecule has 0 radical (unpaired) electrons. The van der Waals surface area contributed by atoms with Crippen LogP contribution >= 0.6 is 11.6 Å². The number of amides is 2. The smallest absolute Gasteiger partial charge is 0.288 e. The largest absolute Gasteiger partial charge is 0.467 e. The minimum absolute atomic E-state index is 0.0539. The van der Waals surface area contributed by atoms with E-state index in [0.717, 1.165) is 6.07 Å². The first-order chi connectivity index (χ1) is 12.8. The molecule has 2 unspecified atom stereocenters. The number of nitro benzene ring substituents is 1. The second-order valence-electron chi connectivity index (χ2n) is 6.06. The van der Waals surface area contributed by atoms with E-state index in [1.807, 2.05) is 13.8 Å². The number of carbonyl (C=O) groups is 2. The molecule has 1 aromatic heterocycles. The highest BCUT2D eigenvalue weighted by Gasteiger charge is 2.27. The monoisotopic (exact) mass is 393 g/mol. The van der Waals surface area contributed by atoms with Crippen LogP contribution in [0.4, 0.5) is 5.69 Å². The quantitative estimate of drug-likeness (QED) is 0.527. The van der Waals surface area contributed by atoms with Crippen molar-refractivity contribution in [2.75, 3.05) is 0 Å². The maximum absolute atomic E-state index is 12.5. The molecule has 2 rings (SSSR count). The van der Waals surface area contributed by atoms with Crippen molar-refractivity contribution >= 4 is 29.1 Å². The fraction of sp³-hybridized carbons (Fsp3) is 0.333. The summed E-state index contributed by atoms with van der Waals surface area (Å²) in [4.78, 5) is 35.4. The minimum Gasteiger partial charge on any atom is -0.467 e. The van der Waals surface area contributed by atoms with Crippen LogP contribution in [-0.2, 0) is 11.3 Å². The molecule has 2 amide bonds. The van der Waals surface area contributed by atoms with Crippen LogP contribution in [0.2, 0.25) is 5.02 Å². The molecule has 0 aliphatic heterocycles. The standard InChI is InChI=1S/C18H20ClN3O5/c1-3-11(2)16(18(24)20-10-13-5-4-8-27-13)21-17(23)12-6-7-14(19)15(9-12)22(25)26/h4-9,11,16H,3,10H2,1-2H3,(H,20,24)(H,21,23). The van der Waals surface area contributed by atoms with Gasteiger partial charge in [0, 0.05) is 11.6 Å². The predicted molar refractivity (Wildman–Crippen MR) is 99.4 cm³/mol. The van der Waals surface area contributed by atoms with Gasteiger partial charge in [0.15, 0.2) is 0 Å². The average Bonchev–Trinajstić information content (AvgIpc) is 3.17. The Bertz CT molecular complexity index is 822. The number of nitrogens with zero attached hydrogens (tertiary/aromatic N) is 1. The van der Waals surface area contributed by atoms with Crippen molar-refractivity contribution in [2.45, 2.75) is 32.9 Å². The fourth-order valence-corrected chi connectivity index (χ4v) is 2.60. The Labute approximate surface area is 161 Å². The maximum atomic E-state index is 12.5.